The first-order valence-electron chi connectivity index (χ1n) is 4.64. The number of hydrogen-bond donors (Lipinski definition) is 0. The monoisotopic (exact) mass is 196 g/mol. The van der Waals surface area contributed by atoms with Crippen molar-refractivity contribution in [2.24, 2.45) is 0 Å². The summed E-state index contributed by atoms with van der Waals surface area (Å²) in [6, 6.07) is 0. The molecule has 2 atom stereocenters. The molecule has 0 radical (unpaired) electrons. The van der Waals surface area contributed by atoms with Crippen LogP contribution in [-0.2, 0) is 19.1 Å². The van der Waals surface area contributed by atoms with E-state index in [-0.39, 0.29) is 24.1 Å². The summed E-state index contributed by atoms with van der Waals surface area (Å²) in [5, 5.41) is 0. The Balaban J connectivity index is 1.85. The summed E-state index contributed by atoms with van der Waals surface area (Å²) in [6.07, 6.45) is 1.55. The smallest absolute Gasteiger partial charge is 0.303 e. The molecule has 0 aliphatic heterocycles. The van der Waals surface area contributed by atoms with E-state index in [0.29, 0.717) is 0 Å². The Morgan fingerprint density at radius 2 is 1.36 bits per heavy atom. The van der Waals surface area contributed by atoms with Gasteiger partial charge in [-0.15, -0.1) is 0 Å². The van der Waals surface area contributed by atoms with E-state index in [9.17, 15) is 9.59 Å². The van der Waals surface area contributed by atoms with Crippen LogP contribution in [0.2, 0.25) is 0 Å². The van der Waals surface area contributed by atoms with Crippen molar-refractivity contribution in [1.29, 1.82) is 0 Å². The Bertz CT molecular complexity index is 297. The number of hydrogen-bond acceptors (Lipinski definition) is 4. The summed E-state index contributed by atoms with van der Waals surface area (Å²) in [5.41, 5.74) is 2.29. The van der Waals surface area contributed by atoms with Crippen molar-refractivity contribution < 1.29 is 19.1 Å². The summed E-state index contributed by atoms with van der Waals surface area (Å²) < 4.78 is 9.98. The topological polar surface area (TPSA) is 52.6 Å². The molecule has 0 heterocycles. The van der Waals surface area contributed by atoms with Crippen LogP contribution in [0.25, 0.3) is 0 Å². The van der Waals surface area contributed by atoms with Crippen LogP contribution >= 0.6 is 0 Å². The standard InChI is InChI=1S/C10H12O4/c1-5(11)13-9-3-7(9)8-4-10(8)14-6(2)12/h9-10H,3-4H2,1-2H3/b8-7-. The van der Waals surface area contributed by atoms with Crippen LogP contribution in [0.3, 0.4) is 0 Å². The molecule has 4 nitrogen and oxygen atoms in total. The minimum absolute atomic E-state index is 0.0388. The van der Waals surface area contributed by atoms with Gasteiger partial charge in [0, 0.05) is 26.7 Å². The number of carbonyl (C=O) groups excluding carboxylic acids is 2. The van der Waals surface area contributed by atoms with E-state index >= 15 is 0 Å². The fourth-order valence-corrected chi connectivity index (χ4v) is 1.58. The van der Waals surface area contributed by atoms with Crippen LogP contribution in [-0.4, -0.2) is 24.1 Å². The fourth-order valence-electron chi connectivity index (χ4n) is 1.58. The molecular weight excluding hydrogens is 184 g/mol. The largest absolute Gasteiger partial charge is 0.458 e. The van der Waals surface area contributed by atoms with Crippen LogP contribution in [0.1, 0.15) is 26.7 Å². The van der Waals surface area contributed by atoms with Crippen molar-refractivity contribution in [1.82, 2.24) is 0 Å². The van der Waals surface area contributed by atoms with Gasteiger partial charge in [-0.05, 0) is 11.1 Å². The molecule has 0 aromatic heterocycles. The molecule has 14 heavy (non-hydrogen) atoms. The molecular formula is C10H12O4. The van der Waals surface area contributed by atoms with Crippen LogP contribution in [0.15, 0.2) is 11.1 Å². The highest BCUT2D eigenvalue weighted by Gasteiger charge is 2.46. The fraction of sp³-hybridized carbons (Fsp3) is 0.600. The van der Waals surface area contributed by atoms with Crippen molar-refractivity contribution in [3.8, 4) is 0 Å². The van der Waals surface area contributed by atoms with Crippen LogP contribution < -0.4 is 0 Å². The van der Waals surface area contributed by atoms with E-state index in [1.165, 1.54) is 13.8 Å². The van der Waals surface area contributed by atoms with E-state index in [1.54, 1.807) is 0 Å². The van der Waals surface area contributed by atoms with E-state index in [2.05, 4.69) is 0 Å². The van der Waals surface area contributed by atoms with Crippen LogP contribution in [0, 0.1) is 0 Å². The molecule has 2 fully saturated rings. The lowest BCUT2D eigenvalue weighted by atomic mass is 10.5. The Morgan fingerprint density at radius 1 is 1.00 bits per heavy atom. The number of rotatable bonds is 2. The maximum Gasteiger partial charge on any atom is 0.303 e. The van der Waals surface area contributed by atoms with Crippen molar-refractivity contribution in [2.75, 3.05) is 0 Å². The minimum Gasteiger partial charge on any atom is -0.458 e. The maximum atomic E-state index is 10.6. The SMILES string of the molecule is CC(=O)OC1C/C1=C1\CC1OC(C)=O. The number of esters is 2. The summed E-state index contributed by atoms with van der Waals surface area (Å²) in [7, 11) is 0. The molecule has 0 amide bonds. The average molecular weight is 196 g/mol. The quantitative estimate of drug-likeness (QED) is 0.487. The van der Waals surface area contributed by atoms with Crippen molar-refractivity contribution >= 4 is 11.9 Å². The van der Waals surface area contributed by atoms with Gasteiger partial charge in [0.25, 0.3) is 0 Å². The van der Waals surface area contributed by atoms with E-state index in [4.69, 9.17) is 9.47 Å². The maximum absolute atomic E-state index is 10.6. The lowest BCUT2D eigenvalue weighted by Crippen LogP contribution is -2.01. The third-order valence-corrected chi connectivity index (χ3v) is 2.30. The van der Waals surface area contributed by atoms with E-state index in [0.717, 1.165) is 24.0 Å². The van der Waals surface area contributed by atoms with Gasteiger partial charge < -0.3 is 9.47 Å². The molecule has 0 aromatic rings. The van der Waals surface area contributed by atoms with Gasteiger partial charge in [0.1, 0.15) is 12.2 Å². The van der Waals surface area contributed by atoms with Crippen LogP contribution in [0.5, 0.6) is 0 Å². The lowest BCUT2D eigenvalue weighted by molar-refractivity contribution is -0.142. The summed E-state index contributed by atoms with van der Waals surface area (Å²) >= 11 is 0. The molecule has 0 N–H and O–H groups in total. The highest BCUT2D eigenvalue weighted by atomic mass is 16.6. The number of carbonyl (C=O) groups is 2. The molecule has 76 valence electrons. The second-order valence-electron chi connectivity index (χ2n) is 3.65. The van der Waals surface area contributed by atoms with E-state index in [1.807, 2.05) is 0 Å². The predicted octanol–water partition coefficient (Wildman–Crippen LogP) is 0.954. The first kappa shape index (κ1) is 9.24. The first-order valence-corrected chi connectivity index (χ1v) is 4.64. The zero-order valence-corrected chi connectivity index (χ0v) is 8.20. The number of ether oxygens (including phenoxy) is 2. The molecule has 2 saturated carbocycles. The van der Waals surface area contributed by atoms with Gasteiger partial charge in [-0.3, -0.25) is 9.59 Å². The molecule has 4 heteroatoms. The second kappa shape index (κ2) is 3.12. The van der Waals surface area contributed by atoms with Crippen molar-refractivity contribution in [3.05, 3.63) is 11.1 Å². The predicted molar refractivity (Wildman–Crippen MR) is 47.4 cm³/mol. The zero-order valence-electron chi connectivity index (χ0n) is 8.20. The third-order valence-electron chi connectivity index (χ3n) is 2.30. The zero-order chi connectivity index (χ0) is 10.3. The summed E-state index contributed by atoms with van der Waals surface area (Å²) in [4.78, 5) is 21.2. The first-order chi connectivity index (χ1) is 6.58. The van der Waals surface area contributed by atoms with Gasteiger partial charge >= 0.3 is 11.9 Å². The Kier molecular flexibility index (Phi) is 2.06. The third kappa shape index (κ3) is 1.95. The molecule has 0 aromatic carbocycles. The Morgan fingerprint density at radius 3 is 1.64 bits per heavy atom. The summed E-state index contributed by atoms with van der Waals surface area (Å²) in [5.74, 6) is -0.509. The lowest BCUT2D eigenvalue weighted by Gasteiger charge is -1.95. The Labute approximate surface area is 81.9 Å². The molecule has 2 unspecified atom stereocenters. The average Bonchev–Trinajstić information content (AvgIpc) is 2.84. The van der Waals surface area contributed by atoms with Gasteiger partial charge in [0.05, 0.1) is 0 Å². The van der Waals surface area contributed by atoms with Gasteiger partial charge in [-0.2, -0.15) is 0 Å². The van der Waals surface area contributed by atoms with Crippen molar-refractivity contribution in [3.63, 3.8) is 0 Å². The Hall–Kier alpha value is -1.32. The highest BCUT2D eigenvalue weighted by molar-refractivity contribution is 5.69. The molecule has 2 aliphatic rings. The molecule has 0 bridgehead atoms. The molecule has 2 aliphatic carbocycles. The summed E-state index contributed by atoms with van der Waals surface area (Å²) in [6.45, 7) is 2.80. The van der Waals surface area contributed by atoms with Gasteiger partial charge in [-0.1, -0.05) is 0 Å². The normalized spacial score (nSPS) is 33.6. The van der Waals surface area contributed by atoms with Crippen LogP contribution in [0.4, 0.5) is 0 Å². The van der Waals surface area contributed by atoms with Gasteiger partial charge in [0.2, 0.25) is 0 Å². The second-order valence-corrected chi connectivity index (χ2v) is 3.65. The molecule has 2 rings (SSSR count). The molecule has 0 spiro atoms. The van der Waals surface area contributed by atoms with Gasteiger partial charge in [0.15, 0.2) is 0 Å². The minimum atomic E-state index is -0.254. The van der Waals surface area contributed by atoms with Crippen molar-refractivity contribution in [2.45, 2.75) is 38.9 Å². The highest BCUT2D eigenvalue weighted by Crippen LogP contribution is 2.47. The molecule has 0 saturated heterocycles. The van der Waals surface area contributed by atoms with E-state index < -0.39 is 0 Å². The van der Waals surface area contributed by atoms with Gasteiger partial charge in [-0.25, -0.2) is 0 Å².